The Morgan fingerprint density at radius 1 is 1.50 bits per heavy atom. The van der Waals surface area contributed by atoms with E-state index in [-0.39, 0.29) is 23.5 Å². The zero-order chi connectivity index (χ0) is 13.8. The van der Waals surface area contributed by atoms with Gasteiger partial charge >= 0.3 is 6.03 Å². The summed E-state index contributed by atoms with van der Waals surface area (Å²) in [5.41, 5.74) is -0.194. The highest BCUT2D eigenvalue weighted by molar-refractivity contribution is 5.82. The summed E-state index contributed by atoms with van der Waals surface area (Å²) in [6.45, 7) is 7.49. The maximum absolute atomic E-state index is 11.8. The molecule has 0 bridgehead atoms. The van der Waals surface area contributed by atoms with Crippen molar-refractivity contribution in [2.24, 2.45) is 0 Å². The van der Waals surface area contributed by atoms with E-state index in [0.29, 0.717) is 26.1 Å². The van der Waals surface area contributed by atoms with Crippen molar-refractivity contribution in [3.05, 3.63) is 0 Å². The molecule has 18 heavy (non-hydrogen) atoms. The van der Waals surface area contributed by atoms with Crippen molar-refractivity contribution >= 4 is 11.9 Å². The number of urea groups is 1. The Labute approximate surface area is 108 Å². The number of hydrogen-bond acceptors (Lipinski definition) is 3. The van der Waals surface area contributed by atoms with Crippen LogP contribution in [0.3, 0.4) is 0 Å². The molecular weight excluding hydrogens is 234 g/mol. The van der Waals surface area contributed by atoms with Gasteiger partial charge in [-0.15, -0.1) is 0 Å². The lowest BCUT2D eigenvalue weighted by Crippen LogP contribution is -2.47. The number of nitrogens with zero attached hydrogens (tertiary/aromatic N) is 1. The van der Waals surface area contributed by atoms with Gasteiger partial charge in [0.25, 0.3) is 0 Å². The van der Waals surface area contributed by atoms with Crippen LogP contribution in [0.4, 0.5) is 4.79 Å². The highest BCUT2D eigenvalue weighted by Gasteiger charge is 2.36. The summed E-state index contributed by atoms with van der Waals surface area (Å²) in [7, 11) is 1.58. The van der Waals surface area contributed by atoms with Gasteiger partial charge in [0.2, 0.25) is 5.91 Å². The van der Waals surface area contributed by atoms with Crippen LogP contribution in [0.15, 0.2) is 0 Å². The second kappa shape index (κ2) is 6.04. The predicted molar refractivity (Wildman–Crippen MR) is 68.3 cm³/mol. The first-order valence-electron chi connectivity index (χ1n) is 6.18. The number of nitrogens with one attached hydrogen (secondary N) is 2. The van der Waals surface area contributed by atoms with Gasteiger partial charge in [0.15, 0.2) is 0 Å². The van der Waals surface area contributed by atoms with Gasteiger partial charge in [-0.1, -0.05) is 0 Å². The van der Waals surface area contributed by atoms with Crippen molar-refractivity contribution in [1.82, 2.24) is 15.5 Å². The first-order valence-corrected chi connectivity index (χ1v) is 6.18. The van der Waals surface area contributed by atoms with Gasteiger partial charge in [-0.2, -0.15) is 0 Å². The van der Waals surface area contributed by atoms with Gasteiger partial charge in [-0.3, -0.25) is 4.79 Å². The Morgan fingerprint density at radius 2 is 2.17 bits per heavy atom. The molecule has 0 aromatic rings. The number of rotatable bonds is 4. The van der Waals surface area contributed by atoms with E-state index in [0.717, 1.165) is 0 Å². The fourth-order valence-corrected chi connectivity index (χ4v) is 1.96. The molecule has 6 heteroatoms. The number of carbonyl (C=O) groups excluding carboxylic acids is 2. The van der Waals surface area contributed by atoms with Gasteiger partial charge in [0.05, 0.1) is 12.6 Å². The lowest BCUT2D eigenvalue weighted by atomic mass is 10.1. The standard InChI is InChI=1S/C12H23N3O3/c1-12(2,3)15-8-9(7-10(15)16)14-11(17)13-5-6-18-4/h9H,5-8H2,1-4H3,(H2,13,14,17)/t9-/m0/s1. The normalized spacial score (nSPS) is 20.1. The van der Waals surface area contributed by atoms with Crippen LogP contribution in [0, 0.1) is 0 Å². The summed E-state index contributed by atoms with van der Waals surface area (Å²) in [5, 5.41) is 5.48. The van der Waals surface area contributed by atoms with Gasteiger partial charge in [0, 0.05) is 32.2 Å². The molecule has 2 N–H and O–H groups in total. The quantitative estimate of drug-likeness (QED) is 0.713. The molecule has 3 amide bonds. The number of methoxy groups -OCH3 is 1. The lowest BCUT2D eigenvalue weighted by Gasteiger charge is -2.32. The molecule has 1 atom stereocenters. The first-order chi connectivity index (χ1) is 8.34. The summed E-state index contributed by atoms with van der Waals surface area (Å²) in [4.78, 5) is 25.1. The van der Waals surface area contributed by atoms with Crippen LogP contribution in [0.2, 0.25) is 0 Å². The Bertz CT molecular complexity index is 312. The molecule has 0 saturated carbocycles. The molecule has 104 valence electrons. The minimum atomic E-state index is -0.249. The third-order valence-corrected chi connectivity index (χ3v) is 2.86. The molecule has 6 nitrogen and oxygen atoms in total. The van der Waals surface area contributed by atoms with Crippen molar-refractivity contribution in [2.75, 3.05) is 26.8 Å². The van der Waals surface area contributed by atoms with Gasteiger partial charge < -0.3 is 20.3 Å². The molecular formula is C12H23N3O3. The smallest absolute Gasteiger partial charge is 0.315 e. The van der Waals surface area contributed by atoms with E-state index in [4.69, 9.17) is 4.74 Å². The van der Waals surface area contributed by atoms with E-state index >= 15 is 0 Å². The van der Waals surface area contributed by atoms with Crippen molar-refractivity contribution in [3.63, 3.8) is 0 Å². The Kier molecular flexibility index (Phi) is 4.95. The third kappa shape index (κ3) is 4.18. The minimum absolute atomic E-state index is 0.0877. The maximum Gasteiger partial charge on any atom is 0.315 e. The molecule has 0 radical (unpaired) electrons. The second-order valence-electron chi connectivity index (χ2n) is 5.47. The molecule has 0 aromatic carbocycles. The van der Waals surface area contributed by atoms with Crippen molar-refractivity contribution in [1.29, 1.82) is 0 Å². The lowest BCUT2D eigenvalue weighted by molar-refractivity contribution is -0.131. The van der Waals surface area contributed by atoms with Crippen LogP contribution in [-0.4, -0.2) is 55.2 Å². The zero-order valence-corrected chi connectivity index (χ0v) is 11.6. The number of carbonyl (C=O) groups is 2. The topological polar surface area (TPSA) is 70.7 Å². The predicted octanol–water partition coefficient (Wildman–Crippen LogP) is 0.331. The van der Waals surface area contributed by atoms with E-state index in [1.54, 1.807) is 12.0 Å². The van der Waals surface area contributed by atoms with Crippen LogP contribution >= 0.6 is 0 Å². The van der Waals surface area contributed by atoms with E-state index < -0.39 is 0 Å². The summed E-state index contributed by atoms with van der Waals surface area (Å²) in [6, 6.07) is -0.361. The number of hydrogen-bond donors (Lipinski definition) is 2. The molecule has 0 spiro atoms. The van der Waals surface area contributed by atoms with Crippen LogP contribution in [0.25, 0.3) is 0 Å². The maximum atomic E-state index is 11.8. The minimum Gasteiger partial charge on any atom is -0.383 e. The van der Waals surface area contributed by atoms with Crippen molar-refractivity contribution in [3.8, 4) is 0 Å². The number of likely N-dealkylation sites (tertiary alicyclic amines) is 1. The van der Waals surface area contributed by atoms with Crippen molar-refractivity contribution in [2.45, 2.75) is 38.8 Å². The van der Waals surface area contributed by atoms with Crippen molar-refractivity contribution < 1.29 is 14.3 Å². The monoisotopic (exact) mass is 257 g/mol. The highest BCUT2D eigenvalue weighted by atomic mass is 16.5. The average molecular weight is 257 g/mol. The van der Waals surface area contributed by atoms with Gasteiger partial charge in [0.1, 0.15) is 0 Å². The van der Waals surface area contributed by atoms with Crippen LogP contribution < -0.4 is 10.6 Å². The molecule has 1 heterocycles. The Hall–Kier alpha value is -1.30. The summed E-state index contributed by atoms with van der Waals surface area (Å²) in [5.74, 6) is 0.0877. The number of ether oxygens (including phenoxy) is 1. The van der Waals surface area contributed by atoms with Crippen LogP contribution in [0.5, 0.6) is 0 Å². The fourth-order valence-electron chi connectivity index (χ4n) is 1.96. The summed E-state index contributed by atoms with van der Waals surface area (Å²) in [6.07, 6.45) is 0.370. The largest absolute Gasteiger partial charge is 0.383 e. The average Bonchev–Trinajstić information content (AvgIpc) is 2.59. The molecule has 1 fully saturated rings. The van der Waals surface area contributed by atoms with E-state index in [2.05, 4.69) is 10.6 Å². The summed E-state index contributed by atoms with van der Waals surface area (Å²) >= 11 is 0. The molecule has 0 aliphatic carbocycles. The zero-order valence-electron chi connectivity index (χ0n) is 11.6. The van der Waals surface area contributed by atoms with E-state index in [1.165, 1.54) is 0 Å². The highest BCUT2D eigenvalue weighted by Crippen LogP contribution is 2.21. The molecule has 1 aliphatic rings. The third-order valence-electron chi connectivity index (χ3n) is 2.86. The molecule has 1 aliphatic heterocycles. The SMILES string of the molecule is COCCNC(=O)N[C@H]1CC(=O)N(C(C)(C)C)C1. The molecule has 0 aromatic heterocycles. The first kappa shape index (κ1) is 14.8. The van der Waals surface area contributed by atoms with E-state index in [9.17, 15) is 9.59 Å². The fraction of sp³-hybridized carbons (Fsp3) is 0.833. The van der Waals surface area contributed by atoms with Crippen LogP contribution in [0.1, 0.15) is 27.2 Å². The Balaban J connectivity index is 2.38. The second-order valence-corrected chi connectivity index (χ2v) is 5.47. The number of amides is 3. The van der Waals surface area contributed by atoms with Gasteiger partial charge in [-0.05, 0) is 20.8 Å². The van der Waals surface area contributed by atoms with Crippen LogP contribution in [-0.2, 0) is 9.53 Å². The molecule has 1 saturated heterocycles. The molecule has 0 unspecified atom stereocenters. The molecule has 1 rings (SSSR count). The Morgan fingerprint density at radius 3 is 2.67 bits per heavy atom. The van der Waals surface area contributed by atoms with Gasteiger partial charge in [-0.25, -0.2) is 4.79 Å². The summed E-state index contributed by atoms with van der Waals surface area (Å²) < 4.78 is 4.84. The van der Waals surface area contributed by atoms with E-state index in [1.807, 2.05) is 20.8 Å².